The van der Waals surface area contributed by atoms with E-state index in [4.69, 9.17) is 9.26 Å². The summed E-state index contributed by atoms with van der Waals surface area (Å²) in [4.78, 5) is 16.3. The molecule has 0 aliphatic heterocycles. The van der Waals surface area contributed by atoms with Gasteiger partial charge in [-0.1, -0.05) is 24.4 Å². The van der Waals surface area contributed by atoms with Gasteiger partial charge >= 0.3 is 0 Å². The summed E-state index contributed by atoms with van der Waals surface area (Å²) in [6.45, 7) is 0.273. The fourth-order valence-corrected chi connectivity index (χ4v) is 3.08. The van der Waals surface area contributed by atoms with E-state index >= 15 is 0 Å². The van der Waals surface area contributed by atoms with Gasteiger partial charge in [-0.05, 0) is 43.0 Å². The highest BCUT2D eigenvalue weighted by Crippen LogP contribution is 2.26. The number of nitrogens with one attached hydrogen (secondary N) is 1. The number of nitrogens with zero attached hydrogens (tertiary/aromatic N) is 2. The van der Waals surface area contributed by atoms with Crippen LogP contribution in [0.25, 0.3) is 11.4 Å². The molecule has 1 amide bonds. The number of carbonyl (C=O) groups excluding carboxylic acids is 1. The van der Waals surface area contributed by atoms with Gasteiger partial charge in [-0.15, -0.1) is 0 Å². The van der Waals surface area contributed by atoms with Crippen molar-refractivity contribution in [3.63, 3.8) is 0 Å². The molecule has 1 heterocycles. The Morgan fingerprint density at radius 1 is 1.25 bits per heavy atom. The zero-order chi connectivity index (χ0) is 16.8. The number of amides is 1. The smallest absolute Gasteiger partial charge is 0.246 e. The molecule has 1 aromatic heterocycles. The van der Waals surface area contributed by atoms with E-state index in [9.17, 15) is 4.79 Å². The van der Waals surface area contributed by atoms with E-state index in [0.717, 1.165) is 24.2 Å². The van der Waals surface area contributed by atoms with Crippen molar-refractivity contribution >= 4 is 5.91 Å². The van der Waals surface area contributed by atoms with Gasteiger partial charge in [0.2, 0.25) is 17.6 Å². The van der Waals surface area contributed by atoms with Gasteiger partial charge in [-0.2, -0.15) is 4.98 Å². The van der Waals surface area contributed by atoms with E-state index in [1.54, 1.807) is 7.11 Å². The number of hydrogen-bond acceptors (Lipinski definition) is 5. The molecular weight excluding hydrogens is 306 g/mol. The van der Waals surface area contributed by atoms with Crippen molar-refractivity contribution in [2.45, 2.75) is 45.1 Å². The maximum absolute atomic E-state index is 12.0. The van der Waals surface area contributed by atoms with Crippen LogP contribution in [0.15, 0.2) is 28.8 Å². The Hall–Kier alpha value is -2.37. The molecule has 0 bridgehead atoms. The number of rotatable bonds is 6. The Morgan fingerprint density at radius 2 is 2.00 bits per heavy atom. The standard InChI is InChI=1S/C18H23N3O3/c1-23-15-9-7-14(8-10-15)18-20-17(24-21-18)12-19-16(22)11-13-5-3-2-4-6-13/h7-10,13H,2-6,11-12H2,1H3,(H,19,22). The molecule has 0 atom stereocenters. The van der Waals surface area contributed by atoms with Crippen LogP contribution in [0.1, 0.15) is 44.4 Å². The van der Waals surface area contributed by atoms with E-state index in [1.807, 2.05) is 24.3 Å². The molecule has 6 heteroatoms. The lowest BCUT2D eigenvalue weighted by Crippen LogP contribution is -2.26. The number of benzene rings is 1. The normalized spacial score (nSPS) is 15.2. The molecule has 1 aliphatic rings. The van der Waals surface area contributed by atoms with Gasteiger partial charge in [0, 0.05) is 12.0 Å². The van der Waals surface area contributed by atoms with Crippen LogP contribution in [0, 0.1) is 5.92 Å². The summed E-state index contributed by atoms with van der Waals surface area (Å²) in [6, 6.07) is 7.43. The highest BCUT2D eigenvalue weighted by molar-refractivity contribution is 5.76. The molecule has 128 valence electrons. The minimum absolute atomic E-state index is 0.0612. The number of aromatic nitrogens is 2. The number of carbonyl (C=O) groups is 1. The van der Waals surface area contributed by atoms with Crippen molar-refractivity contribution in [3.05, 3.63) is 30.2 Å². The first-order valence-corrected chi connectivity index (χ1v) is 8.48. The first-order chi connectivity index (χ1) is 11.7. The molecular formula is C18H23N3O3. The largest absolute Gasteiger partial charge is 0.497 e. The zero-order valence-electron chi connectivity index (χ0n) is 14.0. The lowest BCUT2D eigenvalue weighted by atomic mass is 9.87. The van der Waals surface area contributed by atoms with E-state index in [1.165, 1.54) is 19.3 Å². The maximum Gasteiger partial charge on any atom is 0.246 e. The summed E-state index contributed by atoms with van der Waals surface area (Å²) in [5.74, 6) is 2.28. The Balaban J connectivity index is 1.50. The molecule has 1 fully saturated rings. The van der Waals surface area contributed by atoms with Crippen LogP contribution >= 0.6 is 0 Å². The van der Waals surface area contributed by atoms with Crippen molar-refractivity contribution in [2.75, 3.05) is 7.11 Å². The molecule has 24 heavy (non-hydrogen) atoms. The average molecular weight is 329 g/mol. The summed E-state index contributed by atoms with van der Waals surface area (Å²) < 4.78 is 10.3. The maximum atomic E-state index is 12.0. The third-order valence-electron chi connectivity index (χ3n) is 4.45. The zero-order valence-corrected chi connectivity index (χ0v) is 14.0. The minimum Gasteiger partial charge on any atom is -0.497 e. The lowest BCUT2D eigenvalue weighted by molar-refractivity contribution is -0.122. The molecule has 1 aliphatic carbocycles. The van der Waals surface area contributed by atoms with E-state index in [0.29, 0.717) is 24.1 Å². The van der Waals surface area contributed by atoms with Crippen LogP contribution < -0.4 is 10.1 Å². The minimum atomic E-state index is 0.0612. The Morgan fingerprint density at radius 3 is 2.71 bits per heavy atom. The molecule has 3 rings (SSSR count). The van der Waals surface area contributed by atoms with Crippen LogP contribution in [-0.4, -0.2) is 23.2 Å². The quantitative estimate of drug-likeness (QED) is 0.879. The number of ether oxygens (including phenoxy) is 1. The summed E-state index contributed by atoms with van der Waals surface area (Å²) in [6.07, 6.45) is 6.71. The molecule has 1 aromatic carbocycles. The van der Waals surface area contributed by atoms with Gasteiger partial charge < -0.3 is 14.6 Å². The number of hydrogen-bond donors (Lipinski definition) is 1. The SMILES string of the molecule is COc1ccc(-c2noc(CNC(=O)CC3CCCCC3)n2)cc1. The third kappa shape index (κ3) is 4.34. The van der Waals surface area contributed by atoms with Crippen LogP contribution in [0.4, 0.5) is 0 Å². The molecule has 6 nitrogen and oxygen atoms in total. The van der Waals surface area contributed by atoms with Crippen molar-refractivity contribution < 1.29 is 14.1 Å². The average Bonchev–Trinajstić information content (AvgIpc) is 3.10. The van der Waals surface area contributed by atoms with Crippen LogP contribution in [0.5, 0.6) is 5.75 Å². The molecule has 2 aromatic rings. The van der Waals surface area contributed by atoms with E-state index in [-0.39, 0.29) is 12.5 Å². The Kier molecular flexibility index (Phi) is 5.46. The first-order valence-electron chi connectivity index (χ1n) is 8.48. The predicted molar refractivity (Wildman–Crippen MR) is 89.3 cm³/mol. The fraction of sp³-hybridized carbons (Fsp3) is 0.500. The second-order valence-corrected chi connectivity index (χ2v) is 6.23. The molecule has 0 spiro atoms. The molecule has 0 saturated heterocycles. The van der Waals surface area contributed by atoms with Gasteiger partial charge in [-0.25, -0.2) is 0 Å². The lowest BCUT2D eigenvalue weighted by Gasteiger charge is -2.20. The van der Waals surface area contributed by atoms with Crippen molar-refractivity contribution in [2.24, 2.45) is 5.92 Å². The summed E-state index contributed by atoms with van der Waals surface area (Å²) in [7, 11) is 1.62. The van der Waals surface area contributed by atoms with Gasteiger partial charge in [0.05, 0.1) is 13.7 Å². The molecule has 1 N–H and O–H groups in total. The van der Waals surface area contributed by atoms with E-state index < -0.39 is 0 Å². The van der Waals surface area contributed by atoms with Crippen molar-refractivity contribution in [1.82, 2.24) is 15.5 Å². The predicted octanol–water partition coefficient (Wildman–Crippen LogP) is 3.33. The van der Waals surface area contributed by atoms with Gasteiger partial charge in [0.25, 0.3) is 0 Å². The fourth-order valence-electron chi connectivity index (χ4n) is 3.08. The highest BCUT2D eigenvalue weighted by Gasteiger charge is 2.17. The highest BCUT2D eigenvalue weighted by atomic mass is 16.5. The van der Waals surface area contributed by atoms with Gasteiger partial charge in [0.15, 0.2) is 0 Å². The number of methoxy groups -OCH3 is 1. The van der Waals surface area contributed by atoms with Crippen molar-refractivity contribution in [3.8, 4) is 17.1 Å². The topological polar surface area (TPSA) is 77.3 Å². The summed E-state index contributed by atoms with van der Waals surface area (Å²) in [5.41, 5.74) is 0.847. The van der Waals surface area contributed by atoms with Crippen LogP contribution in [0.3, 0.4) is 0 Å². The van der Waals surface area contributed by atoms with E-state index in [2.05, 4.69) is 15.5 Å². The Bertz CT molecular complexity index is 660. The second-order valence-electron chi connectivity index (χ2n) is 6.23. The van der Waals surface area contributed by atoms with Crippen LogP contribution in [0.2, 0.25) is 0 Å². The van der Waals surface area contributed by atoms with Gasteiger partial charge in [-0.3, -0.25) is 4.79 Å². The summed E-state index contributed by atoms with van der Waals surface area (Å²) in [5, 5.41) is 6.83. The van der Waals surface area contributed by atoms with Gasteiger partial charge in [0.1, 0.15) is 5.75 Å². The van der Waals surface area contributed by atoms with Crippen LogP contribution in [-0.2, 0) is 11.3 Å². The third-order valence-corrected chi connectivity index (χ3v) is 4.45. The second kappa shape index (κ2) is 7.95. The molecule has 0 unspecified atom stereocenters. The molecule has 0 radical (unpaired) electrons. The first kappa shape index (κ1) is 16.5. The monoisotopic (exact) mass is 329 g/mol. The van der Waals surface area contributed by atoms with Crippen molar-refractivity contribution in [1.29, 1.82) is 0 Å². The summed E-state index contributed by atoms with van der Waals surface area (Å²) >= 11 is 0. The Labute approximate surface area is 141 Å². The molecule has 1 saturated carbocycles.